The quantitative estimate of drug-likeness (QED) is 0.889. The highest BCUT2D eigenvalue weighted by atomic mass is 16.3. The van der Waals surface area contributed by atoms with Crippen LogP contribution in [0.4, 0.5) is 0 Å². The van der Waals surface area contributed by atoms with Crippen molar-refractivity contribution in [1.29, 1.82) is 0 Å². The molecule has 0 saturated carbocycles. The molecular formula is C14H22N2O2. The van der Waals surface area contributed by atoms with Crippen LogP contribution in [0.3, 0.4) is 0 Å². The first-order valence-corrected chi connectivity index (χ1v) is 6.67. The van der Waals surface area contributed by atoms with Crippen molar-refractivity contribution in [1.82, 2.24) is 10.2 Å². The molecule has 1 aromatic rings. The molecule has 0 radical (unpaired) electrons. The van der Waals surface area contributed by atoms with E-state index in [-0.39, 0.29) is 11.3 Å². The van der Waals surface area contributed by atoms with E-state index in [4.69, 9.17) is 4.42 Å². The summed E-state index contributed by atoms with van der Waals surface area (Å²) >= 11 is 0. The second-order valence-electron chi connectivity index (χ2n) is 5.29. The first-order chi connectivity index (χ1) is 8.65. The average Bonchev–Trinajstić information content (AvgIpc) is 2.89. The fraction of sp³-hybridized carbons (Fsp3) is 0.643. The lowest BCUT2D eigenvalue weighted by molar-refractivity contribution is -0.142. The van der Waals surface area contributed by atoms with Crippen molar-refractivity contribution in [3.63, 3.8) is 0 Å². The molecule has 1 amide bonds. The minimum atomic E-state index is -0.252. The van der Waals surface area contributed by atoms with E-state index in [0.29, 0.717) is 6.54 Å². The maximum absolute atomic E-state index is 12.6. The SMILES string of the molecule is CCN(Cc1ccoc1)C(=O)[C@@]1(C)CCCNC1. The minimum absolute atomic E-state index is 0.249. The number of carbonyl (C=O) groups is 1. The van der Waals surface area contributed by atoms with Gasteiger partial charge in [0, 0.05) is 25.2 Å². The Balaban J connectivity index is 2.04. The van der Waals surface area contributed by atoms with Crippen LogP contribution < -0.4 is 5.32 Å². The zero-order valence-corrected chi connectivity index (χ0v) is 11.2. The summed E-state index contributed by atoms with van der Waals surface area (Å²) in [5.74, 6) is 0.249. The van der Waals surface area contributed by atoms with E-state index in [1.54, 1.807) is 12.5 Å². The maximum atomic E-state index is 12.6. The van der Waals surface area contributed by atoms with E-state index < -0.39 is 0 Å². The fourth-order valence-corrected chi connectivity index (χ4v) is 2.55. The summed E-state index contributed by atoms with van der Waals surface area (Å²) in [5.41, 5.74) is 0.801. The summed E-state index contributed by atoms with van der Waals surface area (Å²) in [6, 6.07) is 1.91. The Bertz CT molecular complexity index is 381. The van der Waals surface area contributed by atoms with Crippen LogP contribution in [0.5, 0.6) is 0 Å². The number of hydrogen-bond donors (Lipinski definition) is 1. The molecular weight excluding hydrogens is 228 g/mol. The second kappa shape index (κ2) is 5.57. The minimum Gasteiger partial charge on any atom is -0.472 e. The van der Waals surface area contributed by atoms with Crippen molar-refractivity contribution in [3.8, 4) is 0 Å². The van der Waals surface area contributed by atoms with E-state index in [0.717, 1.165) is 38.0 Å². The van der Waals surface area contributed by atoms with Crippen molar-refractivity contribution in [2.45, 2.75) is 33.2 Å². The molecule has 0 unspecified atom stereocenters. The Hall–Kier alpha value is -1.29. The summed E-state index contributed by atoms with van der Waals surface area (Å²) in [6.45, 7) is 7.28. The van der Waals surface area contributed by atoms with E-state index in [2.05, 4.69) is 12.2 Å². The molecule has 2 heterocycles. The standard InChI is InChI=1S/C14H22N2O2/c1-3-16(9-12-5-8-18-10-12)13(17)14(2)6-4-7-15-11-14/h5,8,10,15H,3-4,6-7,9,11H2,1-2H3/t14-/m0/s1. The van der Waals surface area contributed by atoms with Gasteiger partial charge in [0.1, 0.15) is 0 Å². The molecule has 4 nitrogen and oxygen atoms in total. The predicted octanol–water partition coefficient (Wildman–Crippen LogP) is 2.02. The second-order valence-corrected chi connectivity index (χ2v) is 5.29. The van der Waals surface area contributed by atoms with Crippen molar-refractivity contribution >= 4 is 5.91 Å². The van der Waals surface area contributed by atoms with Gasteiger partial charge in [-0.1, -0.05) is 0 Å². The zero-order valence-electron chi connectivity index (χ0n) is 11.2. The van der Waals surface area contributed by atoms with Crippen LogP contribution in [0.1, 0.15) is 32.3 Å². The van der Waals surface area contributed by atoms with Crippen LogP contribution in [0.15, 0.2) is 23.0 Å². The molecule has 2 rings (SSSR count). The zero-order chi connectivity index (χ0) is 13.0. The number of hydrogen-bond acceptors (Lipinski definition) is 3. The Labute approximate surface area is 108 Å². The van der Waals surface area contributed by atoms with Crippen molar-refractivity contribution in [3.05, 3.63) is 24.2 Å². The van der Waals surface area contributed by atoms with Gasteiger partial charge in [0.15, 0.2) is 0 Å². The first-order valence-electron chi connectivity index (χ1n) is 6.67. The van der Waals surface area contributed by atoms with Gasteiger partial charge in [-0.15, -0.1) is 0 Å². The molecule has 1 aliphatic heterocycles. The summed E-state index contributed by atoms with van der Waals surface area (Å²) < 4.78 is 5.06. The van der Waals surface area contributed by atoms with Crippen LogP contribution in [-0.4, -0.2) is 30.4 Å². The summed E-state index contributed by atoms with van der Waals surface area (Å²) in [6.07, 6.45) is 5.40. The smallest absolute Gasteiger partial charge is 0.230 e. The molecule has 1 aromatic heterocycles. The third-order valence-electron chi connectivity index (χ3n) is 3.74. The van der Waals surface area contributed by atoms with E-state index in [9.17, 15) is 4.79 Å². The number of nitrogens with one attached hydrogen (secondary N) is 1. The van der Waals surface area contributed by atoms with Crippen LogP contribution in [-0.2, 0) is 11.3 Å². The van der Waals surface area contributed by atoms with Crippen molar-refractivity contribution in [2.24, 2.45) is 5.41 Å². The summed E-state index contributed by atoms with van der Waals surface area (Å²) in [4.78, 5) is 14.5. The molecule has 0 spiro atoms. The van der Waals surface area contributed by atoms with Crippen LogP contribution >= 0.6 is 0 Å². The lowest BCUT2D eigenvalue weighted by atomic mass is 9.81. The van der Waals surface area contributed by atoms with Crippen molar-refractivity contribution in [2.75, 3.05) is 19.6 Å². The Kier molecular flexibility index (Phi) is 4.07. The van der Waals surface area contributed by atoms with Gasteiger partial charge in [-0.05, 0) is 39.3 Å². The van der Waals surface area contributed by atoms with Gasteiger partial charge in [-0.3, -0.25) is 4.79 Å². The number of amides is 1. The van der Waals surface area contributed by atoms with Gasteiger partial charge < -0.3 is 14.6 Å². The lowest BCUT2D eigenvalue weighted by Crippen LogP contribution is -2.50. The van der Waals surface area contributed by atoms with Gasteiger partial charge in [0.25, 0.3) is 0 Å². The first kappa shape index (κ1) is 13.1. The third kappa shape index (κ3) is 2.75. The number of furan rings is 1. The maximum Gasteiger partial charge on any atom is 0.230 e. The predicted molar refractivity (Wildman–Crippen MR) is 70.0 cm³/mol. The summed E-state index contributed by atoms with van der Waals surface area (Å²) in [5, 5.41) is 3.33. The van der Waals surface area contributed by atoms with E-state index in [1.165, 1.54) is 0 Å². The van der Waals surface area contributed by atoms with Crippen molar-refractivity contribution < 1.29 is 9.21 Å². The normalized spacial score (nSPS) is 23.9. The molecule has 1 N–H and O–H groups in total. The summed E-state index contributed by atoms with van der Waals surface area (Å²) in [7, 11) is 0. The molecule has 1 saturated heterocycles. The van der Waals surface area contributed by atoms with E-state index in [1.807, 2.05) is 17.9 Å². The monoisotopic (exact) mass is 250 g/mol. The van der Waals surface area contributed by atoms with Gasteiger partial charge in [-0.25, -0.2) is 0 Å². The fourth-order valence-electron chi connectivity index (χ4n) is 2.55. The Morgan fingerprint density at radius 2 is 2.44 bits per heavy atom. The van der Waals surface area contributed by atoms with Gasteiger partial charge in [0.05, 0.1) is 17.9 Å². The number of carbonyl (C=O) groups excluding carboxylic acids is 1. The largest absolute Gasteiger partial charge is 0.472 e. The molecule has 100 valence electrons. The molecule has 1 atom stereocenters. The van der Waals surface area contributed by atoms with Gasteiger partial charge >= 0.3 is 0 Å². The third-order valence-corrected chi connectivity index (χ3v) is 3.74. The Morgan fingerprint density at radius 1 is 1.61 bits per heavy atom. The number of rotatable bonds is 4. The highest BCUT2D eigenvalue weighted by Crippen LogP contribution is 2.28. The average molecular weight is 250 g/mol. The molecule has 1 aliphatic rings. The highest BCUT2D eigenvalue weighted by molar-refractivity contribution is 5.82. The number of nitrogens with zero attached hydrogens (tertiary/aromatic N) is 1. The van der Waals surface area contributed by atoms with Crippen LogP contribution in [0.2, 0.25) is 0 Å². The molecule has 0 bridgehead atoms. The van der Waals surface area contributed by atoms with Gasteiger partial charge in [-0.2, -0.15) is 0 Å². The molecule has 4 heteroatoms. The molecule has 1 fully saturated rings. The Morgan fingerprint density at radius 3 is 3.00 bits per heavy atom. The van der Waals surface area contributed by atoms with E-state index >= 15 is 0 Å². The lowest BCUT2D eigenvalue weighted by Gasteiger charge is -2.37. The van der Waals surface area contributed by atoms with Crippen LogP contribution in [0, 0.1) is 5.41 Å². The van der Waals surface area contributed by atoms with Gasteiger partial charge in [0.2, 0.25) is 5.91 Å². The number of piperidine rings is 1. The molecule has 18 heavy (non-hydrogen) atoms. The topological polar surface area (TPSA) is 45.5 Å². The van der Waals surface area contributed by atoms with Crippen LogP contribution in [0.25, 0.3) is 0 Å². The highest BCUT2D eigenvalue weighted by Gasteiger charge is 2.37. The molecule has 0 aliphatic carbocycles. The molecule has 0 aromatic carbocycles.